The van der Waals surface area contributed by atoms with E-state index in [2.05, 4.69) is 10.3 Å². The first-order chi connectivity index (χ1) is 4.43. The highest BCUT2D eigenvalue weighted by molar-refractivity contribution is 7.09. The SMILES string of the molecule is O=CNCc1cncs1. The lowest BCUT2D eigenvalue weighted by molar-refractivity contribution is -0.109. The van der Waals surface area contributed by atoms with Gasteiger partial charge in [-0.2, -0.15) is 0 Å². The first kappa shape index (κ1) is 6.22. The summed E-state index contributed by atoms with van der Waals surface area (Å²) in [5.41, 5.74) is 1.74. The van der Waals surface area contributed by atoms with Crippen LogP contribution in [0.15, 0.2) is 11.7 Å². The summed E-state index contributed by atoms with van der Waals surface area (Å²) < 4.78 is 0. The molecule has 4 heteroatoms. The minimum atomic E-state index is 0.591. The molecular weight excluding hydrogens is 136 g/mol. The molecular formula is C5H6N2OS. The van der Waals surface area contributed by atoms with Gasteiger partial charge in [0.05, 0.1) is 12.1 Å². The molecule has 0 aliphatic heterocycles. The van der Waals surface area contributed by atoms with E-state index in [1.807, 2.05) is 0 Å². The molecule has 0 unspecified atom stereocenters. The van der Waals surface area contributed by atoms with Gasteiger partial charge in [-0.1, -0.05) is 0 Å². The summed E-state index contributed by atoms with van der Waals surface area (Å²) in [4.78, 5) is 14.7. The maximum absolute atomic E-state index is 9.77. The van der Waals surface area contributed by atoms with E-state index in [4.69, 9.17) is 0 Å². The number of hydrogen-bond donors (Lipinski definition) is 1. The van der Waals surface area contributed by atoms with E-state index in [1.165, 1.54) is 11.3 Å². The van der Waals surface area contributed by atoms with Gasteiger partial charge in [0.2, 0.25) is 6.41 Å². The Bertz CT molecular complexity index is 173. The Labute approximate surface area is 56.7 Å². The average Bonchev–Trinajstić information content (AvgIpc) is 2.34. The van der Waals surface area contributed by atoms with Crippen molar-refractivity contribution in [2.24, 2.45) is 0 Å². The second-order valence-corrected chi connectivity index (χ2v) is 2.44. The second kappa shape index (κ2) is 3.19. The summed E-state index contributed by atoms with van der Waals surface area (Å²) in [7, 11) is 0. The van der Waals surface area contributed by atoms with Gasteiger partial charge >= 0.3 is 0 Å². The Kier molecular flexibility index (Phi) is 2.21. The lowest BCUT2D eigenvalue weighted by Crippen LogP contribution is -2.07. The third kappa shape index (κ3) is 1.81. The van der Waals surface area contributed by atoms with Crippen molar-refractivity contribution < 1.29 is 4.79 Å². The predicted octanol–water partition coefficient (Wildman–Crippen LogP) is 0.389. The first-order valence-corrected chi connectivity index (χ1v) is 3.36. The van der Waals surface area contributed by atoms with Gasteiger partial charge in [0.15, 0.2) is 0 Å². The van der Waals surface area contributed by atoms with Crippen molar-refractivity contribution in [3.05, 3.63) is 16.6 Å². The number of hydrogen-bond acceptors (Lipinski definition) is 3. The molecule has 0 aromatic carbocycles. The van der Waals surface area contributed by atoms with Crippen LogP contribution in [0.4, 0.5) is 0 Å². The van der Waals surface area contributed by atoms with Gasteiger partial charge in [0, 0.05) is 11.1 Å². The molecule has 1 heterocycles. The second-order valence-electron chi connectivity index (χ2n) is 1.47. The van der Waals surface area contributed by atoms with E-state index in [-0.39, 0.29) is 0 Å². The highest BCUT2D eigenvalue weighted by Gasteiger charge is 1.89. The molecule has 1 aromatic rings. The van der Waals surface area contributed by atoms with E-state index in [0.717, 1.165) is 4.88 Å². The monoisotopic (exact) mass is 142 g/mol. The van der Waals surface area contributed by atoms with Crippen molar-refractivity contribution in [2.45, 2.75) is 6.54 Å². The zero-order chi connectivity index (χ0) is 6.53. The normalized spacial score (nSPS) is 8.89. The standard InChI is InChI=1S/C5H6N2OS/c8-3-6-1-5-2-7-4-9-5/h2-4H,1H2,(H,6,8). The molecule has 0 aliphatic carbocycles. The van der Waals surface area contributed by atoms with Crippen molar-refractivity contribution in [2.75, 3.05) is 0 Å². The van der Waals surface area contributed by atoms with Gasteiger partial charge in [0.25, 0.3) is 0 Å². The number of amides is 1. The fourth-order valence-corrected chi connectivity index (χ4v) is 1.02. The van der Waals surface area contributed by atoms with E-state index in [1.54, 1.807) is 11.7 Å². The van der Waals surface area contributed by atoms with E-state index < -0.39 is 0 Å². The number of aromatic nitrogens is 1. The highest BCUT2D eigenvalue weighted by atomic mass is 32.1. The number of nitrogens with zero attached hydrogens (tertiary/aromatic N) is 1. The Balaban J connectivity index is 2.38. The smallest absolute Gasteiger partial charge is 0.207 e. The number of rotatable bonds is 3. The molecule has 0 spiro atoms. The fourth-order valence-electron chi connectivity index (χ4n) is 0.472. The molecule has 0 fully saturated rings. The van der Waals surface area contributed by atoms with Crippen LogP contribution < -0.4 is 5.32 Å². The van der Waals surface area contributed by atoms with Gasteiger partial charge in [-0.25, -0.2) is 0 Å². The molecule has 48 valence electrons. The average molecular weight is 142 g/mol. The first-order valence-electron chi connectivity index (χ1n) is 2.48. The summed E-state index contributed by atoms with van der Waals surface area (Å²) >= 11 is 1.53. The van der Waals surface area contributed by atoms with Crippen molar-refractivity contribution in [1.82, 2.24) is 10.3 Å². The Hall–Kier alpha value is -0.900. The largest absolute Gasteiger partial charge is 0.354 e. The van der Waals surface area contributed by atoms with E-state index >= 15 is 0 Å². The predicted molar refractivity (Wildman–Crippen MR) is 35.0 cm³/mol. The van der Waals surface area contributed by atoms with Crippen LogP contribution in [0.1, 0.15) is 4.88 Å². The molecule has 1 aromatic heterocycles. The third-order valence-corrected chi connectivity index (χ3v) is 1.62. The molecule has 1 rings (SSSR count). The van der Waals surface area contributed by atoms with Crippen LogP contribution in [0.5, 0.6) is 0 Å². The van der Waals surface area contributed by atoms with Crippen LogP contribution in [0.25, 0.3) is 0 Å². The molecule has 0 radical (unpaired) electrons. The van der Waals surface area contributed by atoms with E-state index in [0.29, 0.717) is 13.0 Å². The molecule has 0 atom stereocenters. The molecule has 1 N–H and O–H groups in total. The molecule has 9 heavy (non-hydrogen) atoms. The number of thiazole rings is 1. The summed E-state index contributed by atoms with van der Waals surface area (Å²) in [5, 5.41) is 2.54. The van der Waals surface area contributed by atoms with Crippen molar-refractivity contribution >= 4 is 17.7 Å². The maximum atomic E-state index is 9.77. The molecule has 1 amide bonds. The fraction of sp³-hybridized carbons (Fsp3) is 0.200. The van der Waals surface area contributed by atoms with Gasteiger partial charge in [0.1, 0.15) is 0 Å². The maximum Gasteiger partial charge on any atom is 0.207 e. The summed E-state index contributed by atoms with van der Waals surface area (Å²) in [6.07, 6.45) is 2.42. The summed E-state index contributed by atoms with van der Waals surface area (Å²) in [5.74, 6) is 0. The van der Waals surface area contributed by atoms with Gasteiger partial charge in [-0.05, 0) is 0 Å². The topological polar surface area (TPSA) is 42.0 Å². The van der Waals surface area contributed by atoms with Crippen molar-refractivity contribution in [3.8, 4) is 0 Å². The van der Waals surface area contributed by atoms with Crippen LogP contribution >= 0.6 is 11.3 Å². The molecule has 0 bridgehead atoms. The zero-order valence-electron chi connectivity index (χ0n) is 4.70. The number of carbonyl (C=O) groups excluding carboxylic acids is 1. The Morgan fingerprint density at radius 3 is 3.33 bits per heavy atom. The van der Waals surface area contributed by atoms with E-state index in [9.17, 15) is 4.79 Å². The van der Waals surface area contributed by atoms with Crippen molar-refractivity contribution in [1.29, 1.82) is 0 Å². The van der Waals surface area contributed by atoms with Crippen LogP contribution in [0, 0.1) is 0 Å². The van der Waals surface area contributed by atoms with Crippen LogP contribution in [0.2, 0.25) is 0 Å². The van der Waals surface area contributed by atoms with Crippen LogP contribution in [0.3, 0.4) is 0 Å². The lowest BCUT2D eigenvalue weighted by Gasteiger charge is -1.89. The Morgan fingerprint density at radius 2 is 2.78 bits per heavy atom. The minimum absolute atomic E-state index is 0.591. The zero-order valence-corrected chi connectivity index (χ0v) is 5.52. The molecule has 3 nitrogen and oxygen atoms in total. The lowest BCUT2D eigenvalue weighted by atomic mass is 10.5. The summed E-state index contributed by atoms with van der Waals surface area (Å²) in [6, 6.07) is 0. The van der Waals surface area contributed by atoms with Crippen LogP contribution in [-0.4, -0.2) is 11.4 Å². The summed E-state index contributed by atoms with van der Waals surface area (Å²) in [6.45, 7) is 0.591. The Morgan fingerprint density at radius 1 is 1.89 bits per heavy atom. The minimum Gasteiger partial charge on any atom is -0.354 e. The molecule has 0 saturated carbocycles. The molecule has 0 saturated heterocycles. The van der Waals surface area contributed by atoms with Gasteiger partial charge in [-0.3, -0.25) is 9.78 Å². The number of nitrogens with one attached hydrogen (secondary N) is 1. The quantitative estimate of drug-likeness (QED) is 0.620. The highest BCUT2D eigenvalue weighted by Crippen LogP contribution is 2.02. The van der Waals surface area contributed by atoms with Gasteiger partial charge in [-0.15, -0.1) is 11.3 Å². The number of carbonyl (C=O) groups is 1. The molecule has 0 aliphatic rings. The van der Waals surface area contributed by atoms with Gasteiger partial charge < -0.3 is 5.32 Å². The third-order valence-electron chi connectivity index (χ3n) is 0.843. The van der Waals surface area contributed by atoms with Crippen LogP contribution in [-0.2, 0) is 11.3 Å². The van der Waals surface area contributed by atoms with Crippen molar-refractivity contribution in [3.63, 3.8) is 0 Å².